The normalized spacial score (nSPS) is 11.4. The molecule has 0 amide bonds. The zero-order valence-corrected chi connectivity index (χ0v) is 11.3. The Morgan fingerprint density at radius 1 is 1.00 bits per heavy atom. The first-order valence-electron chi connectivity index (χ1n) is 6.30. The molecule has 0 aromatic heterocycles. The number of rotatable bonds is 3. The fraction of sp³-hybridized carbons (Fsp3) is 0.250. The molecule has 20 heavy (non-hydrogen) atoms. The van der Waals surface area contributed by atoms with Gasteiger partial charge in [0.2, 0.25) is 0 Å². The van der Waals surface area contributed by atoms with Crippen molar-refractivity contribution >= 4 is 0 Å². The van der Waals surface area contributed by atoms with Gasteiger partial charge in [-0.3, -0.25) is 0 Å². The van der Waals surface area contributed by atoms with E-state index in [9.17, 15) is 13.2 Å². The highest BCUT2D eigenvalue weighted by Crippen LogP contribution is 2.34. The molecule has 0 N–H and O–H groups in total. The number of alkyl halides is 3. The molecule has 0 aliphatic carbocycles. The molecule has 2 rings (SSSR count). The van der Waals surface area contributed by atoms with E-state index < -0.39 is 11.7 Å². The standard InChI is InChI=1S/C16H15F3O/c1-3-11-4-9-14(15(10-11)20-2)12-5-7-13(8-6-12)16(17,18)19/h4-10H,3H2,1-2H3. The lowest BCUT2D eigenvalue weighted by Gasteiger charge is -2.12. The number of aryl methyl sites for hydroxylation is 1. The SMILES string of the molecule is CCc1ccc(-c2ccc(C(F)(F)F)cc2)c(OC)c1. The van der Waals surface area contributed by atoms with E-state index in [4.69, 9.17) is 4.74 Å². The Balaban J connectivity index is 2.41. The maximum atomic E-state index is 12.5. The van der Waals surface area contributed by atoms with Crippen LogP contribution in [0, 0.1) is 0 Å². The van der Waals surface area contributed by atoms with Gasteiger partial charge < -0.3 is 4.74 Å². The van der Waals surface area contributed by atoms with Gasteiger partial charge in [-0.1, -0.05) is 31.2 Å². The lowest BCUT2D eigenvalue weighted by molar-refractivity contribution is -0.137. The third kappa shape index (κ3) is 2.95. The van der Waals surface area contributed by atoms with Crippen molar-refractivity contribution < 1.29 is 17.9 Å². The molecular formula is C16H15F3O. The van der Waals surface area contributed by atoms with Gasteiger partial charge in [-0.15, -0.1) is 0 Å². The number of methoxy groups -OCH3 is 1. The van der Waals surface area contributed by atoms with E-state index in [1.54, 1.807) is 7.11 Å². The highest BCUT2D eigenvalue weighted by atomic mass is 19.4. The number of benzene rings is 2. The summed E-state index contributed by atoms with van der Waals surface area (Å²) in [5, 5.41) is 0. The number of halogens is 3. The average Bonchev–Trinajstić information content (AvgIpc) is 2.45. The fourth-order valence-corrected chi connectivity index (χ4v) is 2.03. The molecule has 106 valence electrons. The molecule has 4 heteroatoms. The number of hydrogen-bond donors (Lipinski definition) is 0. The summed E-state index contributed by atoms with van der Waals surface area (Å²) in [7, 11) is 1.56. The Hall–Kier alpha value is -1.97. The summed E-state index contributed by atoms with van der Waals surface area (Å²) < 4.78 is 42.9. The summed E-state index contributed by atoms with van der Waals surface area (Å²) >= 11 is 0. The minimum absolute atomic E-state index is 0.648. The van der Waals surface area contributed by atoms with Crippen molar-refractivity contribution in [3.63, 3.8) is 0 Å². The van der Waals surface area contributed by atoms with E-state index >= 15 is 0 Å². The molecule has 0 saturated heterocycles. The third-order valence-corrected chi connectivity index (χ3v) is 3.20. The van der Waals surface area contributed by atoms with Gasteiger partial charge in [-0.25, -0.2) is 0 Å². The molecule has 0 unspecified atom stereocenters. The van der Waals surface area contributed by atoms with Crippen LogP contribution in [-0.2, 0) is 12.6 Å². The molecule has 1 nitrogen and oxygen atoms in total. The Morgan fingerprint density at radius 2 is 1.65 bits per heavy atom. The van der Waals surface area contributed by atoms with Crippen LogP contribution in [0.25, 0.3) is 11.1 Å². The minimum atomic E-state index is -4.31. The van der Waals surface area contributed by atoms with Gasteiger partial charge in [0.15, 0.2) is 0 Å². The van der Waals surface area contributed by atoms with Crippen molar-refractivity contribution in [2.75, 3.05) is 7.11 Å². The van der Waals surface area contributed by atoms with Crippen molar-refractivity contribution in [1.82, 2.24) is 0 Å². The fourth-order valence-electron chi connectivity index (χ4n) is 2.03. The molecule has 0 bridgehead atoms. The van der Waals surface area contributed by atoms with Gasteiger partial charge in [-0.05, 0) is 35.7 Å². The number of hydrogen-bond acceptors (Lipinski definition) is 1. The molecular weight excluding hydrogens is 265 g/mol. The summed E-state index contributed by atoms with van der Waals surface area (Å²) in [4.78, 5) is 0. The van der Waals surface area contributed by atoms with Crippen LogP contribution < -0.4 is 4.74 Å². The van der Waals surface area contributed by atoms with Crippen LogP contribution in [0.1, 0.15) is 18.1 Å². The highest BCUT2D eigenvalue weighted by molar-refractivity contribution is 5.71. The molecule has 0 fully saturated rings. The van der Waals surface area contributed by atoms with E-state index in [0.717, 1.165) is 29.7 Å². The van der Waals surface area contributed by atoms with Crippen LogP contribution in [0.15, 0.2) is 42.5 Å². The Bertz CT molecular complexity index is 586. The van der Waals surface area contributed by atoms with Crippen molar-refractivity contribution in [1.29, 1.82) is 0 Å². The van der Waals surface area contributed by atoms with Crippen molar-refractivity contribution in [2.45, 2.75) is 19.5 Å². The first kappa shape index (κ1) is 14.4. The van der Waals surface area contributed by atoms with Gasteiger partial charge in [0.25, 0.3) is 0 Å². The zero-order valence-electron chi connectivity index (χ0n) is 11.3. The Kier molecular flexibility index (Phi) is 4.02. The lowest BCUT2D eigenvalue weighted by Crippen LogP contribution is -2.04. The summed E-state index contributed by atoms with van der Waals surface area (Å²) in [6.45, 7) is 2.03. The molecule has 0 spiro atoms. The maximum Gasteiger partial charge on any atom is 0.416 e. The van der Waals surface area contributed by atoms with E-state index in [0.29, 0.717) is 11.3 Å². The minimum Gasteiger partial charge on any atom is -0.496 e. The van der Waals surface area contributed by atoms with Crippen molar-refractivity contribution in [3.8, 4) is 16.9 Å². The van der Waals surface area contributed by atoms with Crippen LogP contribution in [0.3, 0.4) is 0 Å². The van der Waals surface area contributed by atoms with E-state index in [2.05, 4.69) is 0 Å². The molecule has 0 aliphatic heterocycles. The maximum absolute atomic E-state index is 12.5. The molecule has 0 atom stereocenters. The summed E-state index contributed by atoms with van der Waals surface area (Å²) in [6.07, 6.45) is -3.43. The van der Waals surface area contributed by atoms with Crippen LogP contribution >= 0.6 is 0 Å². The second-order valence-corrected chi connectivity index (χ2v) is 4.46. The topological polar surface area (TPSA) is 9.23 Å². The average molecular weight is 280 g/mol. The van der Waals surface area contributed by atoms with Gasteiger partial charge >= 0.3 is 6.18 Å². The second-order valence-electron chi connectivity index (χ2n) is 4.46. The van der Waals surface area contributed by atoms with Crippen LogP contribution in [0.4, 0.5) is 13.2 Å². The second kappa shape index (κ2) is 5.57. The largest absolute Gasteiger partial charge is 0.496 e. The molecule has 0 saturated carbocycles. The Labute approximate surface area is 116 Å². The van der Waals surface area contributed by atoms with Gasteiger partial charge in [0.1, 0.15) is 5.75 Å². The van der Waals surface area contributed by atoms with Crippen LogP contribution in [0.2, 0.25) is 0 Å². The van der Waals surface area contributed by atoms with E-state index in [1.807, 2.05) is 25.1 Å². The van der Waals surface area contributed by atoms with Gasteiger partial charge in [0, 0.05) is 5.56 Å². The van der Waals surface area contributed by atoms with E-state index in [1.165, 1.54) is 12.1 Å². The zero-order chi connectivity index (χ0) is 14.8. The third-order valence-electron chi connectivity index (χ3n) is 3.20. The predicted molar refractivity (Wildman–Crippen MR) is 72.8 cm³/mol. The first-order valence-corrected chi connectivity index (χ1v) is 6.30. The monoisotopic (exact) mass is 280 g/mol. The molecule has 2 aromatic rings. The van der Waals surface area contributed by atoms with Crippen LogP contribution in [0.5, 0.6) is 5.75 Å². The summed E-state index contributed by atoms with van der Waals surface area (Å²) in [6, 6.07) is 10.8. The first-order chi connectivity index (χ1) is 9.45. The quantitative estimate of drug-likeness (QED) is 0.773. The molecule has 2 aromatic carbocycles. The van der Waals surface area contributed by atoms with Gasteiger partial charge in [0.05, 0.1) is 12.7 Å². The predicted octanol–water partition coefficient (Wildman–Crippen LogP) is 4.94. The molecule has 0 aliphatic rings. The lowest BCUT2D eigenvalue weighted by atomic mass is 10.0. The van der Waals surface area contributed by atoms with Crippen molar-refractivity contribution in [2.24, 2.45) is 0 Å². The van der Waals surface area contributed by atoms with Crippen LogP contribution in [-0.4, -0.2) is 7.11 Å². The van der Waals surface area contributed by atoms with E-state index in [-0.39, 0.29) is 0 Å². The Morgan fingerprint density at radius 3 is 2.15 bits per heavy atom. The molecule has 0 radical (unpaired) electrons. The summed E-state index contributed by atoms with van der Waals surface area (Å²) in [5.74, 6) is 0.670. The van der Waals surface area contributed by atoms with Gasteiger partial charge in [-0.2, -0.15) is 13.2 Å². The summed E-state index contributed by atoms with van der Waals surface area (Å²) in [5.41, 5.74) is 1.97. The smallest absolute Gasteiger partial charge is 0.416 e. The molecule has 0 heterocycles. The highest BCUT2D eigenvalue weighted by Gasteiger charge is 2.30. The number of ether oxygens (including phenoxy) is 1. The van der Waals surface area contributed by atoms with Crippen molar-refractivity contribution in [3.05, 3.63) is 53.6 Å².